The first-order valence-electron chi connectivity index (χ1n) is 5.78. The number of nitrogens with one attached hydrogen (secondary N) is 1. The summed E-state index contributed by atoms with van der Waals surface area (Å²) in [7, 11) is 0. The monoisotopic (exact) mass is 288 g/mol. The summed E-state index contributed by atoms with van der Waals surface area (Å²) in [6.45, 7) is 0. The van der Waals surface area contributed by atoms with Gasteiger partial charge in [-0.25, -0.2) is 14.9 Å². The molecule has 3 rings (SSSR count). The molecule has 20 heavy (non-hydrogen) atoms. The van der Waals surface area contributed by atoms with Crippen LogP contribution in [0.2, 0.25) is 0 Å². The van der Waals surface area contributed by atoms with Gasteiger partial charge in [0.05, 0.1) is 10.2 Å². The van der Waals surface area contributed by atoms with Gasteiger partial charge in [-0.15, -0.1) is 11.3 Å². The van der Waals surface area contributed by atoms with Gasteiger partial charge in [-0.05, 0) is 42.5 Å². The van der Waals surface area contributed by atoms with Gasteiger partial charge in [0.15, 0.2) is 0 Å². The average molecular weight is 288 g/mol. The minimum absolute atomic E-state index is 0.295. The number of hydrogen-bond acceptors (Lipinski definition) is 4. The number of fused-ring (bicyclic) bond motifs is 1. The number of rotatable bonds is 2. The van der Waals surface area contributed by atoms with Gasteiger partial charge in [-0.3, -0.25) is 10.0 Å². The maximum Gasteiger partial charge on any atom is 0.274 e. The van der Waals surface area contributed by atoms with Crippen molar-refractivity contribution in [2.45, 2.75) is 0 Å². The fraction of sp³-hybridized carbons (Fsp3) is 0. The molecule has 0 atom stereocenters. The van der Waals surface area contributed by atoms with Crippen LogP contribution in [0, 0.1) is 5.82 Å². The summed E-state index contributed by atoms with van der Waals surface area (Å²) in [6, 6.07) is 11.1. The van der Waals surface area contributed by atoms with Crippen LogP contribution in [0.25, 0.3) is 20.8 Å². The number of carbonyl (C=O) groups is 1. The van der Waals surface area contributed by atoms with Crippen molar-refractivity contribution in [2.75, 3.05) is 0 Å². The highest BCUT2D eigenvalue weighted by atomic mass is 32.1. The second-order valence-electron chi connectivity index (χ2n) is 4.15. The topological polar surface area (TPSA) is 62.2 Å². The Kier molecular flexibility index (Phi) is 3.17. The molecule has 3 aromatic rings. The van der Waals surface area contributed by atoms with Crippen LogP contribution in [0.5, 0.6) is 0 Å². The van der Waals surface area contributed by atoms with Crippen molar-refractivity contribution in [3.63, 3.8) is 0 Å². The second-order valence-corrected chi connectivity index (χ2v) is 5.18. The van der Waals surface area contributed by atoms with Crippen LogP contribution < -0.4 is 5.48 Å². The molecular formula is C14H9FN2O2S. The van der Waals surface area contributed by atoms with Gasteiger partial charge >= 0.3 is 0 Å². The van der Waals surface area contributed by atoms with Crippen LogP contribution >= 0.6 is 11.3 Å². The Bertz CT molecular complexity index is 783. The summed E-state index contributed by atoms with van der Waals surface area (Å²) in [6.07, 6.45) is 0. The molecule has 0 saturated heterocycles. The van der Waals surface area contributed by atoms with Crippen molar-refractivity contribution in [1.29, 1.82) is 0 Å². The molecule has 100 valence electrons. The zero-order valence-corrected chi connectivity index (χ0v) is 10.9. The average Bonchev–Trinajstić information content (AvgIpc) is 2.90. The third-order valence-electron chi connectivity index (χ3n) is 2.84. The molecule has 4 nitrogen and oxygen atoms in total. The number of nitrogens with zero attached hydrogens (tertiary/aromatic N) is 1. The molecule has 1 amide bonds. The minimum Gasteiger partial charge on any atom is -0.288 e. The van der Waals surface area contributed by atoms with Crippen molar-refractivity contribution in [2.24, 2.45) is 0 Å². The normalized spacial score (nSPS) is 10.7. The molecule has 0 bridgehead atoms. The van der Waals surface area contributed by atoms with E-state index >= 15 is 0 Å². The molecule has 2 aromatic carbocycles. The minimum atomic E-state index is -0.580. The quantitative estimate of drug-likeness (QED) is 0.562. The van der Waals surface area contributed by atoms with Gasteiger partial charge in [0.1, 0.15) is 10.8 Å². The smallest absolute Gasteiger partial charge is 0.274 e. The molecule has 0 aliphatic heterocycles. The zero-order valence-electron chi connectivity index (χ0n) is 10.1. The van der Waals surface area contributed by atoms with Crippen LogP contribution in [0.15, 0.2) is 42.5 Å². The van der Waals surface area contributed by atoms with Crippen LogP contribution in [0.3, 0.4) is 0 Å². The predicted octanol–water partition coefficient (Wildman–Crippen LogP) is 3.22. The summed E-state index contributed by atoms with van der Waals surface area (Å²) in [4.78, 5) is 15.8. The van der Waals surface area contributed by atoms with E-state index in [-0.39, 0.29) is 5.82 Å². The number of aromatic nitrogens is 1. The number of benzene rings is 2. The van der Waals surface area contributed by atoms with Crippen LogP contribution in [0.4, 0.5) is 4.39 Å². The Balaban J connectivity index is 2.06. The molecule has 1 heterocycles. The lowest BCUT2D eigenvalue weighted by Gasteiger charge is -1.97. The van der Waals surface area contributed by atoms with Crippen molar-refractivity contribution in [1.82, 2.24) is 10.5 Å². The number of amides is 1. The Labute approximate surface area is 117 Å². The van der Waals surface area contributed by atoms with Crippen molar-refractivity contribution >= 4 is 27.5 Å². The number of halogens is 1. The lowest BCUT2D eigenvalue weighted by Crippen LogP contribution is -2.18. The van der Waals surface area contributed by atoms with Gasteiger partial charge in [-0.1, -0.05) is 0 Å². The number of hydroxylamine groups is 1. The summed E-state index contributed by atoms with van der Waals surface area (Å²) in [5, 5.41) is 9.37. The van der Waals surface area contributed by atoms with Crippen LogP contribution in [0.1, 0.15) is 10.4 Å². The first-order chi connectivity index (χ1) is 9.67. The van der Waals surface area contributed by atoms with E-state index in [1.54, 1.807) is 35.8 Å². The molecule has 0 aliphatic carbocycles. The largest absolute Gasteiger partial charge is 0.288 e. The van der Waals surface area contributed by atoms with E-state index in [0.29, 0.717) is 11.1 Å². The number of thiazole rings is 1. The Morgan fingerprint density at radius 2 is 1.95 bits per heavy atom. The fourth-order valence-corrected chi connectivity index (χ4v) is 2.80. The molecule has 6 heteroatoms. The summed E-state index contributed by atoms with van der Waals surface area (Å²) in [5.41, 5.74) is 3.40. The summed E-state index contributed by atoms with van der Waals surface area (Å²) in [5.74, 6) is -0.875. The van der Waals surface area contributed by atoms with Crippen LogP contribution in [-0.2, 0) is 0 Å². The third kappa shape index (κ3) is 2.26. The lowest BCUT2D eigenvalue weighted by molar-refractivity contribution is 0.0706. The molecule has 0 fully saturated rings. The SMILES string of the molecule is O=C(NO)c1ccc2sc(-c3ccc(F)cc3)nc2c1. The Morgan fingerprint density at radius 1 is 1.20 bits per heavy atom. The van der Waals surface area contributed by atoms with E-state index in [1.165, 1.54) is 23.5 Å². The van der Waals surface area contributed by atoms with E-state index in [4.69, 9.17) is 5.21 Å². The summed E-state index contributed by atoms with van der Waals surface area (Å²) < 4.78 is 13.8. The predicted molar refractivity (Wildman–Crippen MR) is 74.3 cm³/mol. The zero-order chi connectivity index (χ0) is 14.1. The van der Waals surface area contributed by atoms with Gasteiger partial charge in [0.25, 0.3) is 5.91 Å². The highest BCUT2D eigenvalue weighted by molar-refractivity contribution is 7.21. The Morgan fingerprint density at radius 3 is 2.65 bits per heavy atom. The lowest BCUT2D eigenvalue weighted by atomic mass is 10.2. The number of carbonyl (C=O) groups excluding carboxylic acids is 1. The molecule has 1 aromatic heterocycles. The van der Waals surface area contributed by atoms with Crippen molar-refractivity contribution in [3.05, 3.63) is 53.8 Å². The highest BCUT2D eigenvalue weighted by Crippen LogP contribution is 2.30. The van der Waals surface area contributed by atoms with Crippen LogP contribution in [-0.4, -0.2) is 16.1 Å². The molecule has 0 unspecified atom stereocenters. The van der Waals surface area contributed by atoms with Crippen molar-refractivity contribution < 1.29 is 14.4 Å². The van der Waals surface area contributed by atoms with E-state index < -0.39 is 5.91 Å². The van der Waals surface area contributed by atoms with E-state index in [0.717, 1.165) is 15.3 Å². The molecule has 2 N–H and O–H groups in total. The first-order valence-corrected chi connectivity index (χ1v) is 6.60. The molecular weight excluding hydrogens is 279 g/mol. The Hall–Kier alpha value is -2.31. The van der Waals surface area contributed by atoms with Gasteiger partial charge in [0, 0.05) is 11.1 Å². The molecule has 0 spiro atoms. The molecule has 0 radical (unpaired) electrons. The third-order valence-corrected chi connectivity index (χ3v) is 3.93. The van der Waals surface area contributed by atoms with E-state index in [9.17, 15) is 9.18 Å². The van der Waals surface area contributed by atoms with Gasteiger partial charge in [0.2, 0.25) is 0 Å². The standard InChI is InChI=1S/C14H9FN2O2S/c15-10-4-1-8(2-5-10)14-16-11-7-9(13(18)17-19)3-6-12(11)20-14/h1-7,19H,(H,17,18). The van der Waals surface area contributed by atoms with E-state index in [1.807, 2.05) is 0 Å². The number of hydrogen-bond donors (Lipinski definition) is 2. The van der Waals surface area contributed by atoms with Crippen molar-refractivity contribution in [3.8, 4) is 10.6 Å². The maximum atomic E-state index is 12.9. The maximum absolute atomic E-state index is 12.9. The second kappa shape index (κ2) is 4.99. The molecule has 0 aliphatic rings. The summed E-state index contributed by atoms with van der Waals surface area (Å²) >= 11 is 1.46. The van der Waals surface area contributed by atoms with E-state index in [2.05, 4.69) is 4.98 Å². The highest BCUT2D eigenvalue weighted by Gasteiger charge is 2.10. The van der Waals surface area contributed by atoms with Gasteiger partial charge in [-0.2, -0.15) is 0 Å². The van der Waals surface area contributed by atoms with Gasteiger partial charge < -0.3 is 0 Å². The fourth-order valence-electron chi connectivity index (χ4n) is 1.85. The molecule has 0 saturated carbocycles. The first kappa shape index (κ1) is 12.7.